The molecule has 1 heterocycles. The van der Waals surface area contributed by atoms with E-state index in [2.05, 4.69) is 11.6 Å². The number of amidine groups is 1. The minimum Gasteiger partial charge on any atom is -0.481 e. The van der Waals surface area contributed by atoms with Gasteiger partial charge in [-0.2, -0.15) is 0 Å². The molecule has 5 N–H and O–H groups in total. The first kappa shape index (κ1) is 25.1. The third kappa shape index (κ3) is 7.76. The number of aliphatic imine (C=N–C) groups is 1. The largest absolute Gasteiger partial charge is 0.481 e. The highest BCUT2D eigenvalue weighted by Gasteiger charge is 2.38. The maximum atomic E-state index is 12.2. The van der Waals surface area contributed by atoms with E-state index in [0.29, 0.717) is 16.9 Å². The molecule has 1 saturated heterocycles. The summed E-state index contributed by atoms with van der Waals surface area (Å²) in [6.45, 7) is 3.77. The van der Waals surface area contributed by atoms with E-state index in [-0.39, 0.29) is 23.8 Å². The number of rotatable bonds is 6. The summed E-state index contributed by atoms with van der Waals surface area (Å²) >= 11 is 1.05. The lowest BCUT2D eigenvalue weighted by Gasteiger charge is -2.15. The summed E-state index contributed by atoms with van der Waals surface area (Å²) in [5, 5.41) is 13.5. The third-order valence-corrected chi connectivity index (χ3v) is 6.84. The summed E-state index contributed by atoms with van der Waals surface area (Å²) in [6.07, 6.45) is 7.87. The molecule has 0 aromatic heterocycles. The zero-order valence-corrected chi connectivity index (χ0v) is 18.8. The zero-order valence-electron chi connectivity index (χ0n) is 17.1. The number of primary sulfonamides is 1. The fraction of sp³-hybridized carbons (Fsp3) is 0.450. The maximum Gasteiger partial charge on any atom is 0.305 e. The lowest BCUT2D eigenvalue weighted by atomic mass is 9.97. The van der Waals surface area contributed by atoms with Crippen LogP contribution in [0, 0.1) is 0 Å². The number of carboxylic acids is 1. The number of carbonyl (C=O) groups excluding carboxylic acids is 1. The van der Waals surface area contributed by atoms with E-state index >= 15 is 0 Å². The second-order valence-electron chi connectivity index (χ2n) is 7.27. The number of thioether (sulfide) groups is 1. The Hall–Kier alpha value is -2.21. The Labute approximate surface area is 186 Å². The molecule has 1 atom stereocenters. The van der Waals surface area contributed by atoms with Crippen molar-refractivity contribution in [3.63, 3.8) is 0 Å². The van der Waals surface area contributed by atoms with Crippen molar-refractivity contribution in [2.24, 2.45) is 15.9 Å². The van der Waals surface area contributed by atoms with Crippen molar-refractivity contribution in [3.8, 4) is 0 Å². The van der Waals surface area contributed by atoms with Gasteiger partial charge < -0.3 is 10.8 Å². The Bertz CT molecular complexity index is 925. The number of nitrogens with zero attached hydrogens (tertiary/aromatic N) is 2. The van der Waals surface area contributed by atoms with Gasteiger partial charge >= 0.3 is 5.97 Å². The van der Waals surface area contributed by atoms with Crippen LogP contribution in [-0.4, -0.2) is 53.3 Å². The molecule has 1 amide bonds. The summed E-state index contributed by atoms with van der Waals surface area (Å²) < 4.78 is 22.5. The molecule has 0 bridgehead atoms. The van der Waals surface area contributed by atoms with Crippen LogP contribution < -0.4 is 10.9 Å². The normalized spacial score (nSPS) is 21.0. The predicted molar refractivity (Wildman–Crippen MR) is 122 cm³/mol. The van der Waals surface area contributed by atoms with Gasteiger partial charge in [-0.1, -0.05) is 37.1 Å². The first-order chi connectivity index (χ1) is 14.6. The van der Waals surface area contributed by atoms with Crippen LogP contribution in [-0.2, 0) is 19.6 Å². The molecule has 1 saturated carbocycles. The van der Waals surface area contributed by atoms with Crippen molar-refractivity contribution in [2.75, 3.05) is 6.54 Å². The van der Waals surface area contributed by atoms with Crippen LogP contribution in [0.2, 0.25) is 0 Å². The average molecular weight is 469 g/mol. The predicted octanol–water partition coefficient (Wildman–Crippen LogP) is 2.20. The van der Waals surface area contributed by atoms with Crippen molar-refractivity contribution >= 4 is 44.5 Å². The highest BCUT2D eigenvalue weighted by molar-refractivity contribution is 8.15. The van der Waals surface area contributed by atoms with Crippen LogP contribution >= 0.6 is 11.8 Å². The number of amides is 1. The molecule has 2 fully saturated rings. The first-order valence-electron chi connectivity index (χ1n) is 9.89. The van der Waals surface area contributed by atoms with E-state index < -0.39 is 21.2 Å². The zero-order chi connectivity index (χ0) is 23.0. The Morgan fingerprint density at radius 1 is 1.26 bits per heavy atom. The van der Waals surface area contributed by atoms with Gasteiger partial charge in [0.1, 0.15) is 5.25 Å². The van der Waals surface area contributed by atoms with Gasteiger partial charge in [0.2, 0.25) is 15.9 Å². The van der Waals surface area contributed by atoms with Gasteiger partial charge in [0.15, 0.2) is 5.17 Å². The standard InChI is InChI=1S/C14H15N3O5S2.C6H13N/c1-2-7-17-13(20)11(8-12(18)19)23-14(17)16-9-3-5-10(6-4-9)24(15,21)22;7-6-4-2-1-3-5-6/h2-6,11H,1,7-8H2,(H,18,19)(H2,15,21,22);6H,1-5,7H2. The van der Waals surface area contributed by atoms with Crippen LogP contribution in [0.3, 0.4) is 0 Å². The highest BCUT2D eigenvalue weighted by Crippen LogP contribution is 2.31. The van der Waals surface area contributed by atoms with E-state index in [4.69, 9.17) is 16.0 Å². The van der Waals surface area contributed by atoms with Gasteiger partial charge in [-0.15, -0.1) is 6.58 Å². The average Bonchev–Trinajstić information content (AvgIpc) is 2.97. The summed E-state index contributed by atoms with van der Waals surface area (Å²) in [5.74, 6) is -1.42. The number of aliphatic carboxylic acids is 1. The van der Waals surface area contributed by atoms with Crippen molar-refractivity contribution in [2.45, 2.75) is 54.7 Å². The number of nitrogens with two attached hydrogens (primary N) is 2. The SMILES string of the molecule is C=CCN1C(=O)C(CC(=O)O)SC1=Nc1ccc(S(N)(=O)=O)cc1.NC1CCCCC1. The fourth-order valence-electron chi connectivity index (χ4n) is 3.14. The molecule has 1 aromatic carbocycles. The third-order valence-electron chi connectivity index (χ3n) is 4.73. The molecule has 1 aliphatic heterocycles. The summed E-state index contributed by atoms with van der Waals surface area (Å²) in [6, 6.07) is 6.06. The van der Waals surface area contributed by atoms with Crippen molar-refractivity contribution < 1.29 is 23.1 Å². The number of carboxylic acid groups (broad SMARTS) is 1. The molecule has 1 aliphatic carbocycles. The van der Waals surface area contributed by atoms with Gasteiger partial charge in [0.25, 0.3) is 0 Å². The van der Waals surface area contributed by atoms with Crippen LogP contribution in [0.5, 0.6) is 0 Å². The molecule has 1 unspecified atom stereocenters. The van der Waals surface area contributed by atoms with E-state index in [1.54, 1.807) is 0 Å². The van der Waals surface area contributed by atoms with Crippen LogP contribution in [0.25, 0.3) is 0 Å². The second kappa shape index (κ2) is 11.4. The van der Waals surface area contributed by atoms with Gasteiger partial charge in [-0.3, -0.25) is 14.5 Å². The van der Waals surface area contributed by atoms with E-state index in [9.17, 15) is 18.0 Å². The Morgan fingerprint density at radius 2 is 1.87 bits per heavy atom. The van der Waals surface area contributed by atoms with Gasteiger partial charge in [0, 0.05) is 12.6 Å². The van der Waals surface area contributed by atoms with Crippen molar-refractivity contribution in [1.82, 2.24) is 4.90 Å². The van der Waals surface area contributed by atoms with E-state index in [0.717, 1.165) is 11.8 Å². The number of carbonyl (C=O) groups is 2. The summed E-state index contributed by atoms with van der Waals surface area (Å²) in [5.41, 5.74) is 6.05. The van der Waals surface area contributed by atoms with Crippen LogP contribution in [0.1, 0.15) is 38.5 Å². The van der Waals surface area contributed by atoms with Crippen molar-refractivity contribution in [1.29, 1.82) is 0 Å². The Morgan fingerprint density at radius 3 is 2.32 bits per heavy atom. The minimum absolute atomic E-state index is 0.0479. The number of benzene rings is 1. The first-order valence-corrected chi connectivity index (χ1v) is 12.3. The monoisotopic (exact) mass is 468 g/mol. The maximum absolute atomic E-state index is 12.2. The Balaban J connectivity index is 0.000000412. The summed E-state index contributed by atoms with van der Waals surface area (Å²) in [7, 11) is -3.79. The van der Waals surface area contributed by atoms with E-state index in [1.807, 2.05) is 0 Å². The quantitative estimate of drug-likeness (QED) is 0.540. The molecule has 0 radical (unpaired) electrons. The summed E-state index contributed by atoms with van der Waals surface area (Å²) in [4.78, 5) is 28.7. The molecule has 3 rings (SSSR count). The van der Waals surface area contributed by atoms with Crippen LogP contribution in [0.15, 0.2) is 46.8 Å². The number of hydrogen-bond donors (Lipinski definition) is 3. The van der Waals surface area contributed by atoms with Crippen molar-refractivity contribution in [3.05, 3.63) is 36.9 Å². The smallest absolute Gasteiger partial charge is 0.305 e. The molecular formula is C20H28N4O5S2. The molecule has 31 heavy (non-hydrogen) atoms. The number of sulfonamides is 1. The van der Waals surface area contributed by atoms with Gasteiger partial charge in [0.05, 0.1) is 17.0 Å². The fourth-order valence-corrected chi connectivity index (χ4v) is 4.81. The second-order valence-corrected chi connectivity index (χ2v) is 10.0. The highest BCUT2D eigenvalue weighted by atomic mass is 32.2. The van der Waals surface area contributed by atoms with Gasteiger partial charge in [-0.25, -0.2) is 18.5 Å². The van der Waals surface area contributed by atoms with Gasteiger partial charge in [-0.05, 0) is 37.1 Å². The minimum atomic E-state index is -3.79. The molecule has 0 spiro atoms. The van der Waals surface area contributed by atoms with Crippen LogP contribution in [0.4, 0.5) is 5.69 Å². The molecular weight excluding hydrogens is 440 g/mol. The molecule has 170 valence electrons. The molecule has 2 aliphatic rings. The lowest BCUT2D eigenvalue weighted by molar-refractivity contribution is -0.139. The molecule has 1 aromatic rings. The lowest BCUT2D eigenvalue weighted by Crippen LogP contribution is -2.32. The molecule has 9 nitrogen and oxygen atoms in total. The Kier molecular flexibility index (Phi) is 9.23. The molecule has 11 heteroatoms. The van der Waals surface area contributed by atoms with E-state index in [1.165, 1.54) is 67.3 Å². The topological polar surface area (TPSA) is 156 Å². The number of hydrogen-bond acceptors (Lipinski definition) is 7.